The normalized spacial score (nSPS) is 12.0. The molecule has 9 heteroatoms. The van der Waals surface area contributed by atoms with Gasteiger partial charge >= 0.3 is 11.9 Å². The van der Waals surface area contributed by atoms with E-state index in [1.807, 2.05) is 49.4 Å². The van der Waals surface area contributed by atoms with Gasteiger partial charge < -0.3 is 19.8 Å². The van der Waals surface area contributed by atoms with Crippen LogP contribution in [0.15, 0.2) is 59.1 Å². The van der Waals surface area contributed by atoms with Crippen LogP contribution in [0.2, 0.25) is 0 Å². The van der Waals surface area contributed by atoms with Crippen molar-refractivity contribution in [3.63, 3.8) is 0 Å². The monoisotopic (exact) mass is 411 g/mol. The number of carbonyl (C=O) groups is 2. The number of aromatic nitrogens is 1. The third kappa shape index (κ3) is 5.43. The van der Waals surface area contributed by atoms with Crippen LogP contribution >= 0.6 is 0 Å². The van der Waals surface area contributed by atoms with Crippen molar-refractivity contribution in [1.82, 2.24) is 15.6 Å². The minimum atomic E-state index is -1.71. The number of carboxylic acids is 1. The van der Waals surface area contributed by atoms with E-state index < -0.39 is 23.9 Å². The van der Waals surface area contributed by atoms with Gasteiger partial charge in [0.1, 0.15) is 0 Å². The Morgan fingerprint density at radius 2 is 1.87 bits per heavy atom. The standard InChI is InChI=1S/C21H21N3O6/c1-13-3-2-4-16(9-13)15-7-5-14(6-8-15)11-24(12-17(25)21(28)29)22-20(27)18-10-19(26)23-30-18/h2-10,17,25H,11-12H2,1H3,(H,22,27)(H,23,26)(H,28,29)/t17-/m0/s1. The van der Waals surface area contributed by atoms with Crippen LogP contribution in [0.4, 0.5) is 0 Å². The van der Waals surface area contributed by atoms with E-state index in [9.17, 15) is 19.8 Å². The topological polar surface area (TPSA) is 136 Å². The fraction of sp³-hybridized carbons (Fsp3) is 0.190. The van der Waals surface area contributed by atoms with Crippen LogP contribution in [-0.2, 0) is 11.3 Å². The number of aliphatic hydroxyl groups is 1. The van der Waals surface area contributed by atoms with Crippen LogP contribution in [-0.4, -0.2) is 50.0 Å². The van der Waals surface area contributed by atoms with Crippen LogP contribution < -0.4 is 5.43 Å². The summed E-state index contributed by atoms with van der Waals surface area (Å²) in [5.74, 6) is -2.86. The molecule has 2 aromatic carbocycles. The molecule has 0 aliphatic carbocycles. The van der Waals surface area contributed by atoms with Crippen molar-refractivity contribution >= 4 is 11.9 Å². The van der Waals surface area contributed by atoms with Gasteiger partial charge in [-0.2, -0.15) is 0 Å². The molecule has 30 heavy (non-hydrogen) atoms. The number of aromatic hydroxyl groups is 1. The Labute approximate surface area is 172 Å². The van der Waals surface area contributed by atoms with Gasteiger partial charge in [0.2, 0.25) is 5.76 Å². The number of amides is 1. The molecule has 3 aromatic rings. The highest BCUT2D eigenvalue weighted by molar-refractivity contribution is 5.91. The minimum Gasteiger partial charge on any atom is -0.491 e. The van der Waals surface area contributed by atoms with E-state index in [4.69, 9.17) is 5.11 Å². The minimum absolute atomic E-state index is 0.129. The lowest BCUT2D eigenvalue weighted by Gasteiger charge is -2.24. The molecule has 4 N–H and O–H groups in total. The van der Waals surface area contributed by atoms with E-state index in [0.717, 1.165) is 28.3 Å². The third-order valence-corrected chi connectivity index (χ3v) is 4.34. The molecule has 1 heterocycles. The van der Waals surface area contributed by atoms with Crippen molar-refractivity contribution in [2.24, 2.45) is 0 Å². The van der Waals surface area contributed by atoms with Crippen LogP contribution in [0.5, 0.6) is 5.88 Å². The molecule has 1 amide bonds. The van der Waals surface area contributed by atoms with Gasteiger partial charge in [-0.1, -0.05) is 54.1 Å². The molecule has 1 atom stereocenters. The summed E-state index contributed by atoms with van der Waals surface area (Å²) in [6, 6.07) is 16.6. The molecule has 0 aliphatic heterocycles. The van der Waals surface area contributed by atoms with Crippen LogP contribution in [0.3, 0.4) is 0 Å². The number of hydrogen-bond acceptors (Lipinski definition) is 7. The number of carbonyl (C=O) groups excluding carboxylic acids is 1. The van der Waals surface area contributed by atoms with Crippen molar-refractivity contribution < 1.29 is 29.4 Å². The molecule has 0 spiro atoms. The Hall–Kier alpha value is -3.69. The number of aliphatic carboxylic acids is 1. The predicted octanol–water partition coefficient (Wildman–Crippen LogP) is 1.95. The fourth-order valence-electron chi connectivity index (χ4n) is 2.86. The van der Waals surface area contributed by atoms with E-state index in [1.54, 1.807) is 0 Å². The molecular formula is C21H21N3O6. The average molecular weight is 411 g/mol. The third-order valence-electron chi connectivity index (χ3n) is 4.34. The molecule has 9 nitrogen and oxygen atoms in total. The number of aliphatic hydroxyl groups excluding tert-OH is 1. The van der Waals surface area contributed by atoms with Crippen molar-refractivity contribution in [2.45, 2.75) is 19.6 Å². The van der Waals surface area contributed by atoms with Crippen molar-refractivity contribution in [3.05, 3.63) is 71.5 Å². The lowest BCUT2D eigenvalue weighted by atomic mass is 10.0. The summed E-state index contributed by atoms with van der Waals surface area (Å²) in [6.07, 6.45) is -1.71. The Bertz CT molecular complexity index is 1030. The van der Waals surface area contributed by atoms with E-state index in [-0.39, 0.29) is 18.8 Å². The summed E-state index contributed by atoms with van der Waals surface area (Å²) in [6.45, 7) is 1.78. The Morgan fingerprint density at radius 1 is 1.13 bits per heavy atom. The molecule has 0 aliphatic rings. The summed E-state index contributed by atoms with van der Waals surface area (Å²) >= 11 is 0. The Morgan fingerprint density at radius 3 is 2.47 bits per heavy atom. The van der Waals surface area contributed by atoms with Crippen molar-refractivity contribution in [2.75, 3.05) is 6.54 Å². The number of nitrogens with zero attached hydrogens (tertiary/aromatic N) is 2. The van der Waals surface area contributed by atoms with Crippen molar-refractivity contribution in [1.29, 1.82) is 0 Å². The molecule has 0 saturated heterocycles. The summed E-state index contributed by atoms with van der Waals surface area (Å²) in [5, 5.41) is 32.4. The van der Waals surface area contributed by atoms with Crippen LogP contribution in [0.1, 0.15) is 21.7 Å². The van der Waals surface area contributed by atoms with E-state index in [0.29, 0.717) is 0 Å². The van der Waals surface area contributed by atoms with Gasteiger partial charge in [0, 0.05) is 6.54 Å². The zero-order valence-corrected chi connectivity index (χ0v) is 16.1. The van der Waals surface area contributed by atoms with Gasteiger partial charge in [0.25, 0.3) is 5.88 Å². The summed E-state index contributed by atoms with van der Waals surface area (Å²) in [7, 11) is 0. The van der Waals surface area contributed by atoms with Gasteiger partial charge in [-0.05, 0) is 28.8 Å². The quantitative estimate of drug-likeness (QED) is 0.413. The first kappa shape index (κ1) is 21.0. The fourth-order valence-corrected chi connectivity index (χ4v) is 2.86. The summed E-state index contributed by atoms with van der Waals surface area (Å²) in [4.78, 5) is 23.3. The molecular weight excluding hydrogens is 390 g/mol. The lowest BCUT2D eigenvalue weighted by molar-refractivity contribution is -0.148. The zero-order valence-electron chi connectivity index (χ0n) is 16.1. The second-order valence-corrected chi connectivity index (χ2v) is 6.79. The van der Waals surface area contributed by atoms with Gasteiger partial charge in [0.05, 0.1) is 12.6 Å². The van der Waals surface area contributed by atoms with Gasteiger partial charge in [-0.15, -0.1) is 0 Å². The Kier molecular flexibility index (Phi) is 6.45. The van der Waals surface area contributed by atoms with Crippen LogP contribution in [0.25, 0.3) is 11.1 Å². The Balaban J connectivity index is 1.74. The second-order valence-electron chi connectivity index (χ2n) is 6.79. The van der Waals surface area contributed by atoms with Gasteiger partial charge in [-0.3, -0.25) is 10.2 Å². The first-order chi connectivity index (χ1) is 14.3. The number of hydrogen-bond donors (Lipinski definition) is 4. The molecule has 156 valence electrons. The van der Waals surface area contributed by atoms with E-state index in [1.165, 1.54) is 5.01 Å². The predicted molar refractivity (Wildman–Crippen MR) is 106 cm³/mol. The summed E-state index contributed by atoms with van der Waals surface area (Å²) < 4.78 is 4.69. The number of aryl methyl sites for hydroxylation is 1. The average Bonchev–Trinajstić information content (AvgIpc) is 3.15. The maximum Gasteiger partial charge on any atom is 0.333 e. The number of nitrogens with one attached hydrogen (secondary N) is 1. The van der Waals surface area contributed by atoms with Gasteiger partial charge in [0.15, 0.2) is 6.10 Å². The molecule has 0 radical (unpaired) electrons. The molecule has 0 fully saturated rings. The van der Waals surface area contributed by atoms with Gasteiger partial charge in [-0.25, -0.2) is 9.80 Å². The number of hydrazine groups is 1. The SMILES string of the molecule is Cc1cccc(-c2ccc(CN(C[C@H](O)C(=O)O)NC(=O)c3cc(O)no3)cc2)c1. The molecule has 3 rings (SSSR count). The van der Waals surface area contributed by atoms with Crippen molar-refractivity contribution in [3.8, 4) is 17.0 Å². The number of carboxylic acid groups (broad SMARTS) is 1. The van der Waals surface area contributed by atoms with Crippen LogP contribution in [0, 0.1) is 6.92 Å². The number of benzene rings is 2. The smallest absolute Gasteiger partial charge is 0.333 e. The largest absolute Gasteiger partial charge is 0.491 e. The molecule has 0 bridgehead atoms. The highest BCUT2D eigenvalue weighted by atomic mass is 16.5. The molecule has 1 aromatic heterocycles. The van der Waals surface area contributed by atoms with E-state index in [2.05, 4.69) is 21.2 Å². The molecule has 0 saturated carbocycles. The molecule has 0 unspecified atom stereocenters. The highest BCUT2D eigenvalue weighted by Crippen LogP contribution is 2.21. The first-order valence-electron chi connectivity index (χ1n) is 9.10. The number of rotatable bonds is 8. The highest BCUT2D eigenvalue weighted by Gasteiger charge is 2.22. The second kappa shape index (κ2) is 9.21. The maximum atomic E-state index is 12.3. The first-order valence-corrected chi connectivity index (χ1v) is 9.10. The zero-order chi connectivity index (χ0) is 21.7. The lowest BCUT2D eigenvalue weighted by Crippen LogP contribution is -2.47. The summed E-state index contributed by atoms with van der Waals surface area (Å²) in [5.41, 5.74) is 6.47. The van der Waals surface area contributed by atoms with E-state index >= 15 is 0 Å². The maximum absolute atomic E-state index is 12.3.